The van der Waals surface area contributed by atoms with Crippen LogP contribution >= 0.6 is 22.9 Å². The molecule has 1 N–H and O–H groups in total. The highest BCUT2D eigenvalue weighted by Gasteiger charge is 2.21. The molecule has 0 radical (unpaired) electrons. The second kappa shape index (κ2) is 7.61. The third-order valence-corrected chi connectivity index (χ3v) is 4.61. The first-order valence-corrected chi connectivity index (χ1v) is 8.36. The molecular formula is C15H18ClN3O3S. The number of nitrogens with zero attached hydrogens (tertiary/aromatic N) is 2. The fourth-order valence-corrected chi connectivity index (χ4v) is 3.25. The lowest BCUT2D eigenvalue weighted by atomic mass is 10.1. The third-order valence-electron chi connectivity index (χ3n) is 3.29. The Morgan fingerprint density at radius 1 is 1.43 bits per heavy atom. The van der Waals surface area contributed by atoms with Crippen molar-refractivity contribution in [1.82, 2.24) is 9.78 Å². The van der Waals surface area contributed by atoms with Crippen LogP contribution in [0.25, 0.3) is 0 Å². The number of hydrogen-bond acceptors (Lipinski definition) is 5. The van der Waals surface area contributed by atoms with E-state index in [-0.39, 0.29) is 12.3 Å². The zero-order valence-electron chi connectivity index (χ0n) is 13.2. The lowest BCUT2D eigenvalue weighted by Crippen LogP contribution is -2.16. The summed E-state index contributed by atoms with van der Waals surface area (Å²) in [5.74, 6) is -0.605. The molecule has 0 bridgehead atoms. The van der Waals surface area contributed by atoms with E-state index in [1.54, 1.807) is 17.8 Å². The molecule has 2 aromatic heterocycles. The molecule has 0 spiro atoms. The molecule has 0 unspecified atom stereocenters. The zero-order valence-corrected chi connectivity index (χ0v) is 14.8. The molecule has 6 nitrogen and oxygen atoms in total. The van der Waals surface area contributed by atoms with Crippen molar-refractivity contribution in [3.8, 4) is 0 Å². The Bertz CT molecular complexity index is 724. The average molecular weight is 356 g/mol. The van der Waals surface area contributed by atoms with Gasteiger partial charge in [0.15, 0.2) is 0 Å². The lowest BCUT2D eigenvalue weighted by Gasteiger charge is -2.07. The maximum absolute atomic E-state index is 12.1. The number of rotatable bonds is 6. The number of ether oxygens (including phenoxy) is 1. The smallest absolute Gasteiger partial charge is 0.341 e. The van der Waals surface area contributed by atoms with Crippen molar-refractivity contribution in [2.24, 2.45) is 0 Å². The second-order valence-corrected chi connectivity index (χ2v) is 6.59. The molecule has 2 heterocycles. The highest BCUT2D eigenvalue weighted by atomic mass is 35.5. The molecule has 23 heavy (non-hydrogen) atoms. The first-order valence-electron chi connectivity index (χ1n) is 7.17. The van der Waals surface area contributed by atoms with E-state index in [9.17, 15) is 9.59 Å². The van der Waals surface area contributed by atoms with Crippen LogP contribution in [-0.4, -0.2) is 28.3 Å². The van der Waals surface area contributed by atoms with Gasteiger partial charge in [-0.1, -0.05) is 11.6 Å². The number of anilines is 1. The fourth-order valence-electron chi connectivity index (χ4n) is 2.03. The number of aromatic nitrogens is 2. The van der Waals surface area contributed by atoms with E-state index >= 15 is 0 Å². The molecule has 0 saturated heterocycles. The SMILES string of the molecule is CCOC(=O)c1c(NC(=O)CCn2cc(Cl)cn2)sc(C)c1C. The van der Waals surface area contributed by atoms with Crippen LogP contribution in [0.5, 0.6) is 0 Å². The minimum absolute atomic E-state index is 0.191. The quantitative estimate of drug-likeness (QED) is 0.806. The predicted molar refractivity (Wildman–Crippen MR) is 90.2 cm³/mol. The monoisotopic (exact) mass is 355 g/mol. The summed E-state index contributed by atoms with van der Waals surface area (Å²) in [4.78, 5) is 25.2. The Morgan fingerprint density at radius 2 is 2.17 bits per heavy atom. The van der Waals surface area contributed by atoms with E-state index in [0.29, 0.717) is 28.7 Å². The minimum Gasteiger partial charge on any atom is -0.462 e. The number of aryl methyl sites for hydroxylation is 2. The fraction of sp³-hybridized carbons (Fsp3) is 0.400. The van der Waals surface area contributed by atoms with Gasteiger partial charge < -0.3 is 10.1 Å². The Morgan fingerprint density at radius 3 is 2.78 bits per heavy atom. The van der Waals surface area contributed by atoms with Gasteiger partial charge in [-0.25, -0.2) is 4.79 Å². The summed E-state index contributed by atoms with van der Waals surface area (Å²) in [6.07, 6.45) is 3.40. The normalized spacial score (nSPS) is 10.6. The van der Waals surface area contributed by atoms with Crippen molar-refractivity contribution in [2.45, 2.75) is 33.7 Å². The summed E-state index contributed by atoms with van der Waals surface area (Å²) >= 11 is 7.15. The molecule has 0 saturated carbocycles. The number of halogens is 1. The minimum atomic E-state index is -0.413. The summed E-state index contributed by atoms with van der Waals surface area (Å²) in [6, 6.07) is 0. The predicted octanol–water partition coefficient (Wildman–Crippen LogP) is 3.42. The maximum atomic E-state index is 12.1. The highest BCUT2D eigenvalue weighted by Crippen LogP contribution is 2.33. The number of nitrogens with one attached hydrogen (secondary N) is 1. The van der Waals surface area contributed by atoms with Gasteiger partial charge in [0.1, 0.15) is 5.00 Å². The first-order chi connectivity index (χ1) is 10.9. The number of amides is 1. The third kappa shape index (κ3) is 4.33. The van der Waals surface area contributed by atoms with E-state index in [1.165, 1.54) is 17.5 Å². The Labute approximate surface area is 143 Å². The largest absolute Gasteiger partial charge is 0.462 e. The lowest BCUT2D eigenvalue weighted by molar-refractivity contribution is -0.116. The van der Waals surface area contributed by atoms with Crippen LogP contribution in [0.1, 0.15) is 34.1 Å². The standard InChI is InChI=1S/C15H18ClN3O3S/c1-4-22-15(21)13-9(2)10(3)23-14(13)18-12(20)5-6-19-8-11(16)7-17-19/h7-8H,4-6H2,1-3H3,(H,18,20). The van der Waals surface area contributed by atoms with Gasteiger partial charge in [-0.2, -0.15) is 5.10 Å². The number of carbonyl (C=O) groups is 2. The van der Waals surface area contributed by atoms with Crippen molar-refractivity contribution in [3.63, 3.8) is 0 Å². The van der Waals surface area contributed by atoms with Crippen LogP contribution in [0.3, 0.4) is 0 Å². The van der Waals surface area contributed by atoms with Crippen molar-refractivity contribution >= 4 is 39.8 Å². The van der Waals surface area contributed by atoms with Gasteiger partial charge in [0.05, 0.1) is 23.4 Å². The number of esters is 1. The number of carbonyl (C=O) groups excluding carboxylic acids is 2. The van der Waals surface area contributed by atoms with Crippen LogP contribution in [-0.2, 0) is 16.1 Å². The molecule has 0 aliphatic rings. The molecule has 0 aliphatic heterocycles. The molecule has 2 aromatic rings. The van der Waals surface area contributed by atoms with Crippen molar-refractivity contribution in [3.05, 3.63) is 33.4 Å². The molecule has 2 rings (SSSR count). The van der Waals surface area contributed by atoms with E-state index in [1.807, 2.05) is 13.8 Å². The van der Waals surface area contributed by atoms with E-state index in [2.05, 4.69) is 10.4 Å². The second-order valence-electron chi connectivity index (χ2n) is 4.93. The molecular weight excluding hydrogens is 338 g/mol. The van der Waals surface area contributed by atoms with Crippen molar-refractivity contribution < 1.29 is 14.3 Å². The van der Waals surface area contributed by atoms with Crippen molar-refractivity contribution in [1.29, 1.82) is 0 Å². The van der Waals surface area contributed by atoms with Crippen LogP contribution in [0.2, 0.25) is 5.02 Å². The topological polar surface area (TPSA) is 73.2 Å². The van der Waals surface area contributed by atoms with Crippen LogP contribution in [0.15, 0.2) is 12.4 Å². The molecule has 0 fully saturated rings. The summed E-state index contributed by atoms with van der Waals surface area (Å²) in [5, 5.41) is 7.87. The van der Waals surface area contributed by atoms with E-state index in [0.717, 1.165) is 10.4 Å². The van der Waals surface area contributed by atoms with Gasteiger partial charge >= 0.3 is 5.97 Å². The number of thiophene rings is 1. The molecule has 1 amide bonds. The van der Waals surface area contributed by atoms with Gasteiger partial charge in [0.25, 0.3) is 0 Å². The molecule has 0 aliphatic carbocycles. The van der Waals surface area contributed by atoms with Gasteiger partial charge in [-0.05, 0) is 26.3 Å². The van der Waals surface area contributed by atoms with Gasteiger partial charge in [-0.15, -0.1) is 11.3 Å². The van der Waals surface area contributed by atoms with E-state index < -0.39 is 5.97 Å². The first kappa shape index (κ1) is 17.5. The average Bonchev–Trinajstić information content (AvgIpc) is 3.01. The molecule has 124 valence electrons. The molecule has 8 heteroatoms. The summed E-state index contributed by atoms with van der Waals surface area (Å²) in [6.45, 7) is 6.21. The highest BCUT2D eigenvalue weighted by molar-refractivity contribution is 7.16. The maximum Gasteiger partial charge on any atom is 0.341 e. The van der Waals surface area contributed by atoms with E-state index in [4.69, 9.17) is 16.3 Å². The summed E-state index contributed by atoms with van der Waals surface area (Å²) in [7, 11) is 0. The van der Waals surface area contributed by atoms with Gasteiger partial charge in [-0.3, -0.25) is 9.48 Å². The Balaban J connectivity index is 2.05. The summed E-state index contributed by atoms with van der Waals surface area (Å²) in [5.41, 5.74) is 1.27. The van der Waals surface area contributed by atoms with Crippen molar-refractivity contribution in [2.75, 3.05) is 11.9 Å². The van der Waals surface area contributed by atoms with Gasteiger partial charge in [0, 0.05) is 24.0 Å². The Kier molecular flexibility index (Phi) is 5.79. The molecule has 0 atom stereocenters. The van der Waals surface area contributed by atoms with Crippen LogP contribution in [0, 0.1) is 13.8 Å². The Hall–Kier alpha value is -1.86. The van der Waals surface area contributed by atoms with Crippen LogP contribution < -0.4 is 5.32 Å². The number of hydrogen-bond donors (Lipinski definition) is 1. The molecule has 0 aromatic carbocycles. The summed E-state index contributed by atoms with van der Waals surface area (Å²) < 4.78 is 6.66. The van der Waals surface area contributed by atoms with Crippen LogP contribution in [0.4, 0.5) is 5.00 Å². The van der Waals surface area contributed by atoms with Gasteiger partial charge in [0.2, 0.25) is 5.91 Å². The zero-order chi connectivity index (χ0) is 17.0.